The standard InChI is InChI=1S/C12H21F3N2O2/c1-9(12(13,14)15)19-10(18)16-5-7-17(8-6-16)11(2,3)4/h9H,5-8H2,1-4H3/i5D,6D,7D,8D2,9D. The first-order chi connectivity index (χ1) is 10.9. The largest absolute Gasteiger partial charge is 0.437 e. The summed E-state index contributed by atoms with van der Waals surface area (Å²) in [5.41, 5.74) is -0.986. The number of amides is 1. The molecule has 0 aromatic rings. The van der Waals surface area contributed by atoms with Crippen LogP contribution >= 0.6 is 0 Å². The Balaban J connectivity index is 3.21. The predicted octanol–water partition coefficient (Wildman–Crippen LogP) is 2.49. The number of hydrogen-bond acceptors (Lipinski definition) is 3. The van der Waals surface area contributed by atoms with E-state index < -0.39 is 49.9 Å². The molecule has 1 aliphatic rings. The van der Waals surface area contributed by atoms with Gasteiger partial charge in [-0.05, 0) is 27.7 Å². The molecule has 0 radical (unpaired) electrons. The van der Waals surface area contributed by atoms with Gasteiger partial charge in [0.25, 0.3) is 0 Å². The normalized spacial score (nSPS) is 40.8. The van der Waals surface area contributed by atoms with E-state index in [1.807, 2.05) is 0 Å². The molecule has 4 atom stereocenters. The summed E-state index contributed by atoms with van der Waals surface area (Å²) in [5, 5.41) is 0. The van der Waals surface area contributed by atoms with Crippen LogP contribution in [0.5, 0.6) is 0 Å². The van der Waals surface area contributed by atoms with Crippen LogP contribution < -0.4 is 0 Å². The Bertz CT molecular complexity index is 526. The minimum absolute atomic E-state index is 0.110. The molecule has 1 rings (SSSR count). The van der Waals surface area contributed by atoms with Crippen molar-refractivity contribution in [1.29, 1.82) is 0 Å². The zero-order valence-corrected chi connectivity index (χ0v) is 11.1. The number of carbonyl (C=O) groups excluding carboxylic acids is 1. The van der Waals surface area contributed by atoms with Crippen molar-refractivity contribution in [3.05, 3.63) is 0 Å². The monoisotopic (exact) mass is 288 g/mol. The summed E-state index contributed by atoms with van der Waals surface area (Å²) in [5.74, 6) is 0. The summed E-state index contributed by atoms with van der Waals surface area (Å²) in [6, 6.07) is 0. The van der Waals surface area contributed by atoms with Crippen molar-refractivity contribution in [2.24, 2.45) is 0 Å². The van der Waals surface area contributed by atoms with E-state index in [2.05, 4.69) is 4.74 Å². The lowest BCUT2D eigenvalue weighted by Gasteiger charge is -2.42. The Kier molecular flexibility index (Phi) is 2.65. The summed E-state index contributed by atoms with van der Waals surface area (Å²) in [7, 11) is 0. The third-order valence-corrected chi connectivity index (χ3v) is 2.29. The minimum atomic E-state index is -5.22. The van der Waals surface area contributed by atoms with Gasteiger partial charge in [0, 0.05) is 35.7 Å². The maximum Gasteiger partial charge on any atom is 0.425 e. The fourth-order valence-electron chi connectivity index (χ4n) is 1.12. The van der Waals surface area contributed by atoms with Crippen LogP contribution in [0.25, 0.3) is 0 Å². The second kappa shape index (κ2) is 5.56. The van der Waals surface area contributed by atoms with Crippen LogP contribution in [0.2, 0.25) is 0 Å². The lowest BCUT2D eigenvalue weighted by atomic mass is 10.1. The van der Waals surface area contributed by atoms with Gasteiger partial charge in [-0.2, -0.15) is 13.2 Å². The highest BCUT2D eigenvalue weighted by molar-refractivity contribution is 5.68. The van der Waals surface area contributed by atoms with E-state index in [4.69, 9.17) is 8.22 Å². The first-order valence-corrected chi connectivity index (χ1v) is 5.50. The highest BCUT2D eigenvalue weighted by Crippen LogP contribution is 2.23. The van der Waals surface area contributed by atoms with Crippen LogP contribution in [0.4, 0.5) is 18.0 Å². The molecule has 1 saturated heterocycles. The molecule has 0 spiro atoms. The van der Waals surface area contributed by atoms with Crippen LogP contribution in [0.15, 0.2) is 0 Å². The number of piperazine rings is 1. The Labute approximate surface area is 119 Å². The van der Waals surface area contributed by atoms with Crippen molar-refractivity contribution in [2.45, 2.75) is 45.5 Å². The SMILES string of the molecule is [2H]C1C([2H])N(C(C)(C)C)C([2H])([2H])C([2H])N1C(=O)OC([2H])(C)C(F)(F)F. The van der Waals surface area contributed by atoms with Crippen molar-refractivity contribution >= 4 is 6.09 Å². The van der Waals surface area contributed by atoms with Crippen LogP contribution in [0.1, 0.15) is 35.9 Å². The predicted molar refractivity (Wildman–Crippen MR) is 64.9 cm³/mol. The van der Waals surface area contributed by atoms with Crippen LogP contribution in [0.3, 0.4) is 0 Å². The third kappa shape index (κ3) is 4.56. The molecule has 19 heavy (non-hydrogen) atoms. The van der Waals surface area contributed by atoms with Gasteiger partial charge in [-0.3, -0.25) is 4.90 Å². The molecule has 1 amide bonds. The Morgan fingerprint density at radius 1 is 1.32 bits per heavy atom. The molecular weight excluding hydrogens is 261 g/mol. The fourth-order valence-corrected chi connectivity index (χ4v) is 1.12. The smallest absolute Gasteiger partial charge is 0.425 e. The average Bonchev–Trinajstić information content (AvgIpc) is 2.32. The van der Waals surface area contributed by atoms with E-state index in [0.717, 1.165) is 4.90 Å². The first-order valence-electron chi connectivity index (χ1n) is 8.73. The molecule has 0 aromatic heterocycles. The molecule has 4 nitrogen and oxygen atoms in total. The fraction of sp³-hybridized carbons (Fsp3) is 0.917. The summed E-state index contributed by atoms with van der Waals surface area (Å²) < 4.78 is 89.2. The zero-order valence-electron chi connectivity index (χ0n) is 17.1. The van der Waals surface area contributed by atoms with Gasteiger partial charge >= 0.3 is 12.3 Å². The molecule has 0 bridgehead atoms. The average molecular weight is 288 g/mol. The Hall–Kier alpha value is -0.980. The lowest BCUT2D eigenvalue weighted by Crippen LogP contribution is -2.55. The highest BCUT2D eigenvalue weighted by Gasteiger charge is 2.40. The second-order valence-corrected chi connectivity index (χ2v) is 4.93. The molecule has 0 aromatic carbocycles. The van der Waals surface area contributed by atoms with Crippen molar-refractivity contribution in [2.75, 3.05) is 26.1 Å². The maximum absolute atomic E-state index is 12.7. The zero-order chi connectivity index (χ0) is 20.2. The number of halogens is 3. The lowest BCUT2D eigenvalue weighted by molar-refractivity contribution is -0.200. The first kappa shape index (κ1) is 9.05. The maximum atomic E-state index is 12.7. The van der Waals surface area contributed by atoms with Crippen molar-refractivity contribution in [1.82, 2.24) is 9.80 Å². The molecule has 0 N–H and O–H groups in total. The van der Waals surface area contributed by atoms with Gasteiger partial charge in [-0.15, -0.1) is 0 Å². The molecule has 0 aliphatic carbocycles. The number of hydrogen-bond donors (Lipinski definition) is 0. The molecule has 1 fully saturated rings. The van der Waals surface area contributed by atoms with E-state index in [-0.39, 0.29) is 11.8 Å². The molecular formula is C12H21F3N2O2. The van der Waals surface area contributed by atoms with Gasteiger partial charge in [0.1, 0.15) is 0 Å². The van der Waals surface area contributed by atoms with Gasteiger partial charge in [0.05, 0.1) is 4.11 Å². The molecule has 112 valence electrons. The van der Waals surface area contributed by atoms with Crippen LogP contribution in [-0.4, -0.2) is 59.7 Å². The number of alkyl halides is 3. The van der Waals surface area contributed by atoms with Gasteiger partial charge in [0.15, 0.2) is 6.08 Å². The number of carbonyl (C=O) groups is 1. The van der Waals surface area contributed by atoms with E-state index in [9.17, 15) is 18.0 Å². The number of nitrogens with zero attached hydrogens (tertiary/aromatic N) is 2. The van der Waals surface area contributed by atoms with Gasteiger partial charge < -0.3 is 9.64 Å². The van der Waals surface area contributed by atoms with E-state index >= 15 is 0 Å². The molecule has 0 saturated carbocycles. The van der Waals surface area contributed by atoms with Crippen molar-refractivity contribution in [3.63, 3.8) is 0 Å². The second-order valence-electron chi connectivity index (χ2n) is 4.93. The molecule has 1 aliphatic heterocycles. The number of rotatable bonds is 1. The summed E-state index contributed by atoms with van der Waals surface area (Å²) in [6.45, 7) is -3.38. The highest BCUT2D eigenvalue weighted by atomic mass is 19.4. The van der Waals surface area contributed by atoms with Crippen LogP contribution in [0, 0.1) is 0 Å². The Morgan fingerprint density at radius 3 is 2.37 bits per heavy atom. The van der Waals surface area contributed by atoms with E-state index in [0.29, 0.717) is 0 Å². The van der Waals surface area contributed by atoms with Gasteiger partial charge in [-0.1, -0.05) is 0 Å². The van der Waals surface area contributed by atoms with Gasteiger partial charge in [-0.25, -0.2) is 4.79 Å². The number of ether oxygens (including phenoxy) is 1. The van der Waals surface area contributed by atoms with Crippen molar-refractivity contribution < 1.29 is 30.9 Å². The summed E-state index contributed by atoms with van der Waals surface area (Å²) >= 11 is 0. The molecule has 4 unspecified atom stereocenters. The Morgan fingerprint density at radius 2 is 1.89 bits per heavy atom. The van der Waals surface area contributed by atoms with Gasteiger partial charge in [0.2, 0.25) is 0 Å². The third-order valence-electron chi connectivity index (χ3n) is 2.29. The molecule has 7 heteroatoms. The van der Waals surface area contributed by atoms with E-state index in [1.54, 1.807) is 20.8 Å². The minimum Gasteiger partial charge on any atom is -0.437 e. The van der Waals surface area contributed by atoms with Crippen molar-refractivity contribution in [3.8, 4) is 0 Å². The van der Waals surface area contributed by atoms with E-state index in [1.165, 1.54) is 0 Å². The summed E-state index contributed by atoms with van der Waals surface area (Å²) in [6.07, 6.45) is -10.7. The summed E-state index contributed by atoms with van der Waals surface area (Å²) in [4.78, 5) is 13.1. The molecule has 1 heterocycles. The van der Waals surface area contributed by atoms with Crippen LogP contribution in [-0.2, 0) is 4.74 Å². The quantitative estimate of drug-likeness (QED) is 0.743. The topological polar surface area (TPSA) is 32.8 Å².